The van der Waals surface area contributed by atoms with Crippen molar-refractivity contribution in [3.8, 4) is 0 Å². The molecule has 0 saturated heterocycles. The third-order valence-corrected chi connectivity index (χ3v) is 3.19. The summed E-state index contributed by atoms with van der Waals surface area (Å²) in [5.41, 5.74) is 0. The van der Waals surface area contributed by atoms with Crippen LogP contribution in [0, 0.1) is 0 Å². The summed E-state index contributed by atoms with van der Waals surface area (Å²) >= 11 is 0.962. The van der Waals surface area contributed by atoms with Gasteiger partial charge < -0.3 is 5.11 Å². The second-order valence-electron chi connectivity index (χ2n) is 3.13. The maximum Gasteiger partial charge on any atom is 0.419 e. The van der Waals surface area contributed by atoms with Crippen molar-refractivity contribution < 1.29 is 18.3 Å². The van der Waals surface area contributed by atoms with Crippen molar-refractivity contribution in [2.75, 3.05) is 0 Å². The Labute approximate surface area is 87.8 Å². The third kappa shape index (κ3) is 1.98. The number of aliphatic hydroxyl groups is 1. The molecule has 0 unspecified atom stereocenters. The van der Waals surface area contributed by atoms with Gasteiger partial charge in [-0.25, -0.2) is 0 Å². The number of hydrogen-bond donors (Lipinski definition) is 1. The van der Waals surface area contributed by atoms with E-state index in [4.69, 9.17) is 5.11 Å². The fourth-order valence-corrected chi connectivity index (χ4v) is 2.37. The first-order valence-electron chi connectivity index (χ1n) is 4.22. The Bertz CT molecular complexity index is 442. The molecule has 0 radical (unpaired) electrons. The summed E-state index contributed by atoms with van der Waals surface area (Å²) in [6.45, 7) is 0. The van der Waals surface area contributed by atoms with Gasteiger partial charge in [-0.3, -0.25) is 0 Å². The van der Waals surface area contributed by atoms with Gasteiger partial charge in [-0.1, -0.05) is 18.2 Å². The van der Waals surface area contributed by atoms with Crippen LogP contribution in [0.2, 0.25) is 0 Å². The van der Waals surface area contributed by atoms with Crippen molar-refractivity contribution in [1.29, 1.82) is 0 Å². The second-order valence-corrected chi connectivity index (χ2v) is 4.25. The minimum Gasteiger partial charge on any atom is -0.379 e. The number of alkyl halides is 3. The highest BCUT2D eigenvalue weighted by Crippen LogP contribution is 2.38. The van der Waals surface area contributed by atoms with Crippen LogP contribution in [0.5, 0.6) is 0 Å². The zero-order chi connectivity index (χ0) is 11.1. The van der Waals surface area contributed by atoms with Crippen LogP contribution in [0.4, 0.5) is 13.2 Å². The zero-order valence-corrected chi connectivity index (χ0v) is 8.27. The normalized spacial score (nSPS) is 14.4. The average Bonchev–Trinajstić information content (AvgIpc) is 2.58. The van der Waals surface area contributed by atoms with Crippen LogP contribution in [0.15, 0.2) is 30.3 Å². The molecule has 1 nitrogen and oxygen atoms in total. The van der Waals surface area contributed by atoms with Crippen LogP contribution in [0.25, 0.3) is 10.1 Å². The fourth-order valence-electron chi connectivity index (χ4n) is 1.30. The maximum atomic E-state index is 12.2. The lowest BCUT2D eigenvalue weighted by molar-refractivity contribution is -0.205. The lowest BCUT2D eigenvalue weighted by atomic mass is 10.2. The van der Waals surface area contributed by atoms with Crippen LogP contribution >= 0.6 is 11.3 Å². The molecular weight excluding hydrogens is 225 g/mol. The summed E-state index contributed by atoms with van der Waals surface area (Å²) in [7, 11) is 0. The number of hydrogen-bond acceptors (Lipinski definition) is 2. The second kappa shape index (κ2) is 3.50. The molecular formula is C10H7F3OS. The molecule has 1 aromatic carbocycles. The Morgan fingerprint density at radius 3 is 2.47 bits per heavy atom. The highest BCUT2D eigenvalue weighted by atomic mass is 32.1. The number of thiophene rings is 1. The van der Waals surface area contributed by atoms with Gasteiger partial charge in [0.2, 0.25) is 0 Å². The van der Waals surface area contributed by atoms with E-state index in [-0.39, 0.29) is 4.88 Å². The van der Waals surface area contributed by atoms with Gasteiger partial charge in [-0.15, -0.1) is 11.3 Å². The first-order chi connectivity index (χ1) is 6.98. The first kappa shape index (κ1) is 10.4. The minimum atomic E-state index is -4.60. The molecule has 0 amide bonds. The monoisotopic (exact) mass is 232 g/mol. The minimum absolute atomic E-state index is 0.0660. The van der Waals surface area contributed by atoms with Gasteiger partial charge in [0.15, 0.2) is 6.10 Å². The van der Waals surface area contributed by atoms with Crippen LogP contribution in [-0.4, -0.2) is 11.3 Å². The van der Waals surface area contributed by atoms with E-state index in [0.717, 1.165) is 21.4 Å². The van der Waals surface area contributed by atoms with Gasteiger partial charge in [0, 0.05) is 9.58 Å². The molecule has 15 heavy (non-hydrogen) atoms. The van der Waals surface area contributed by atoms with Gasteiger partial charge in [-0.2, -0.15) is 13.2 Å². The number of benzene rings is 1. The van der Waals surface area contributed by atoms with Crippen molar-refractivity contribution in [3.05, 3.63) is 35.2 Å². The lowest BCUT2D eigenvalue weighted by Crippen LogP contribution is -2.18. The molecule has 0 aliphatic heterocycles. The Morgan fingerprint density at radius 2 is 1.87 bits per heavy atom. The van der Waals surface area contributed by atoms with E-state index in [1.54, 1.807) is 24.3 Å². The van der Waals surface area contributed by atoms with Crippen molar-refractivity contribution in [2.45, 2.75) is 12.3 Å². The largest absolute Gasteiger partial charge is 0.419 e. The number of fused-ring (bicyclic) bond motifs is 1. The predicted molar refractivity (Wildman–Crippen MR) is 52.8 cm³/mol. The molecule has 0 saturated carbocycles. The van der Waals surface area contributed by atoms with E-state index >= 15 is 0 Å². The molecule has 2 aromatic rings. The highest BCUT2D eigenvalue weighted by Gasteiger charge is 2.40. The molecule has 80 valence electrons. The van der Waals surface area contributed by atoms with E-state index < -0.39 is 12.3 Å². The van der Waals surface area contributed by atoms with Gasteiger partial charge in [0.25, 0.3) is 0 Å². The molecule has 0 fully saturated rings. The van der Waals surface area contributed by atoms with Crippen LogP contribution in [0.3, 0.4) is 0 Å². The smallest absolute Gasteiger partial charge is 0.379 e. The Kier molecular flexibility index (Phi) is 2.44. The van der Waals surface area contributed by atoms with Gasteiger partial charge in [0.1, 0.15) is 0 Å². The quantitative estimate of drug-likeness (QED) is 0.797. The molecule has 0 aliphatic carbocycles. The summed E-state index contributed by atoms with van der Waals surface area (Å²) < 4.78 is 37.4. The van der Waals surface area contributed by atoms with Crippen molar-refractivity contribution >= 4 is 21.4 Å². The van der Waals surface area contributed by atoms with Crippen molar-refractivity contribution in [3.63, 3.8) is 0 Å². The molecule has 0 spiro atoms. The number of aliphatic hydroxyl groups excluding tert-OH is 1. The van der Waals surface area contributed by atoms with Gasteiger partial charge >= 0.3 is 6.18 Å². The van der Waals surface area contributed by atoms with Gasteiger partial charge in [-0.05, 0) is 17.5 Å². The summed E-state index contributed by atoms with van der Waals surface area (Å²) in [6, 6.07) is 8.32. The first-order valence-corrected chi connectivity index (χ1v) is 5.03. The van der Waals surface area contributed by atoms with E-state index in [0.29, 0.717) is 0 Å². The molecule has 1 heterocycles. The molecule has 2 rings (SSSR count). The lowest BCUT2D eigenvalue weighted by Gasteiger charge is -2.11. The predicted octanol–water partition coefficient (Wildman–Crippen LogP) is 3.50. The molecule has 1 N–H and O–H groups in total. The van der Waals surface area contributed by atoms with E-state index in [2.05, 4.69) is 0 Å². The maximum absolute atomic E-state index is 12.2. The molecule has 0 aliphatic rings. The number of halogens is 3. The standard InChI is InChI=1S/C10H7F3OS/c11-10(12,13)9(14)8-5-6-3-1-2-4-7(6)15-8/h1-5,9,14H/t9-/m0/s1. The summed E-state index contributed by atoms with van der Waals surface area (Å²) in [5.74, 6) is 0. The third-order valence-electron chi connectivity index (χ3n) is 2.02. The molecule has 1 atom stereocenters. The summed E-state index contributed by atoms with van der Waals surface area (Å²) in [4.78, 5) is -0.0660. The summed E-state index contributed by atoms with van der Waals surface area (Å²) in [6.07, 6.45) is -6.98. The van der Waals surface area contributed by atoms with Gasteiger partial charge in [0.05, 0.1) is 0 Å². The SMILES string of the molecule is O[C@@H](c1cc2ccccc2s1)C(F)(F)F. The van der Waals surface area contributed by atoms with E-state index in [9.17, 15) is 13.2 Å². The zero-order valence-electron chi connectivity index (χ0n) is 7.45. The van der Waals surface area contributed by atoms with Crippen LogP contribution < -0.4 is 0 Å². The van der Waals surface area contributed by atoms with E-state index in [1.165, 1.54) is 6.07 Å². The van der Waals surface area contributed by atoms with E-state index in [1.807, 2.05) is 0 Å². The highest BCUT2D eigenvalue weighted by molar-refractivity contribution is 7.19. The van der Waals surface area contributed by atoms with Crippen LogP contribution in [0.1, 0.15) is 11.0 Å². The fraction of sp³-hybridized carbons (Fsp3) is 0.200. The molecule has 0 bridgehead atoms. The van der Waals surface area contributed by atoms with Crippen molar-refractivity contribution in [1.82, 2.24) is 0 Å². The summed E-state index contributed by atoms with van der Waals surface area (Å²) in [5, 5.41) is 9.77. The topological polar surface area (TPSA) is 20.2 Å². The molecule has 5 heteroatoms. The Morgan fingerprint density at radius 1 is 1.20 bits per heavy atom. The van der Waals surface area contributed by atoms with Crippen LogP contribution in [-0.2, 0) is 0 Å². The molecule has 1 aromatic heterocycles. The number of rotatable bonds is 1. The van der Waals surface area contributed by atoms with Crippen molar-refractivity contribution in [2.24, 2.45) is 0 Å². The Hall–Kier alpha value is -1.07. The average molecular weight is 232 g/mol. The Balaban J connectivity index is 2.45.